The minimum absolute atomic E-state index is 0.0273. The third-order valence-corrected chi connectivity index (χ3v) is 4.33. The molecule has 134 valence electrons. The van der Waals surface area contributed by atoms with E-state index in [4.69, 9.17) is 10.5 Å². The molecule has 0 fully saturated rings. The van der Waals surface area contributed by atoms with Crippen molar-refractivity contribution < 1.29 is 23.9 Å². The number of hydrogen-bond acceptors (Lipinski definition) is 5. The van der Waals surface area contributed by atoms with E-state index in [1.807, 2.05) is 12.1 Å². The van der Waals surface area contributed by atoms with Crippen LogP contribution in [0.5, 0.6) is 0 Å². The van der Waals surface area contributed by atoms with Crippen LogP contribution in [0.25, 0.3) is 10.8 Å². The molecule has 7 heteroatoms. The van der Waals surface area contributed by atoms with E-state index in [0.29, 0.717) is 16.5 Å². The molecular weight excluding hydrogens is 336 g/mol. The Morgan fingerprint density at radius 2 is 1.65 bits per heavy atom. The fourth-order valence-corrected chi connectivity index (χ4v) is 2.98. The molecule has 1 atom stereocenters. The number of imide groups is 1. The monoisotopic (exact) mass is 354 g/mol. The first-order chi connectivity index (χ1) is 12.4. The van der Waals surface area contributed by atoms with Crippen molar-refractivity contribution in [3.8, 4) is 0 Å². The van der Waals surface area contributed by atoms with Crippen LogP contribution < -0.4 is 5.73 Å². The zero-order valence-electron chi connectivity index (χ0n) is 14.2. The summed E-state index contributed by atoms with van der Waals surface area (Å²) in [4.78, 5) is 49.1. The van der Waals surface area contributed by atoms with E-state index in [0.717, 1.165) is 10.3 Å². The largest absolute Gasteiger partial charge is 0.453 e. The van der Waals surface area contributed by atoms with Gasteiger partial charge in [0.15, 0.2) is 6.10 Å². The molecule has 0 aromatic heterocycles. The fraction of sp³-hybridized carbons (Fsp3) is 0.263. The van der Waals surface area contributed by atoms with Gasteiger partial charge < -0.3 is 10.5 Å². The SMILES string of the molecule is C[C@H](OC(=O)CCCN1C(=O)c2cccc3cccc(c23)C1=O)C(N)=O. The van der Waals surface area contributed by atoms with Crippen LogP contribution in [0.3, 0.4) is 0 Å². The molecule has 7 nitrogen and oxygen atoms in total. The molecule has 1 aliphatic rings. The smallest absolute Gasteiger partial charge is 0.306 e. The summed E-state index contributed by atoms with van der Waals surface area (Å²) in [7, 11) is 0. The number of carbonyl (C=O) groups excluding carboxylic acids is 4. The Bertz CT molecular complexity index is 871. The summed E-state index contributed by atoms with van der Waals surface area (Å²) in [6, 6.07) is 10.6. The summed E-state index contributed by atoms with van der Waals surface area (Å²) in [5, 5.41) is 1.50. The summed E-state index contributed by atoms with van der Waals surface area (Å²) in [6.07, 6.45) is -0.800. The van der Waals surface area contributed by atoms with Gasteiger partial charge in [0.25, 0.3) is 17.7 Å². The molecule has 0 saturated carbocycles. The molecule has 3 rings (SSSR count). The van der Waals surface area contributed by atoms with E-state index in [-0.39, 0.29) is 31.2 Å². The van der Waals surface area contributed by atoms with Crippen molar-refractivity contribution in [3.05, 3.63) is 47.5 Å². The van der Waals surface area contributed by atoms with Crippen molar-refractivity contribution in [1.82, 2.24) is 4.90 Å². The second-order valence-electron chi connectivity index (χ2n) is 6.11. The first-order valence-electron chi connectivity index (χ1n) is 8.27. The zero-order valence-corrected chi connectivity index (χ0v) is 14.2. The number of esters is 1. The highest BCUT2D eigenvalue weighted by atomic mass is 16.5. The summed E-state index contributed by atoms with van der Waals surface area (Å²) in [5.41, 5.74) is 5.98. The van der Waals surface area contributed by atoms with Crippen LogP contribution in [-0.4, -0.2) is 41.2 Å². The second kappa shape index (κ2) is 6.95. The molecule has 2 aromatic carbocycles. The van der Waals surface area contributed by atoms with E-state index in [1.54, 1.807) is 24.3 Å². The average molecular weight is 354 g/mol. The van der Waals surface area contributed by atoms with E-state index >= 15 is 0 Å². The summed E-state index contributed by atoms with van der Waals surface area (Å²) >= 11 is 0. The Balaban J connectivity index is 1.71. The van der Waals surface area contributed by atoms with Gasteiger partial charge in [0, 0.05) is 29.5 Å². The Hall–Kier alpha value is -3.22. The van der Waals surface area contributed by atoms with E-state index in [2.05, 4.69) is 0 Å². The van der Waals surface area contributed by atoms with Gasteiger partial charge in [0.2, 0.25) is 0 Å². The normalized spacial score (nSPS) is 14.4. The molecule has 0 radical (unpaired) electrons. The van der Waals surface area contributed by atoms with Gasteiger partial charge >= 0.3 is 5.97 Å². The van der Waals surface area contributed by atoms with E-state index in [1.165, 1.54) is 6.92 Å². The van der Waals surface area contributed by atoms with Gasteiger partial charge in [-0.15, -0.1) is 0 Å². The van der Waals surface area contributed by atoms with Gasteiger partial charge in [-0.25, -0.2) is 0 Å². The highest BCUT2D eigenvalue weighted by Crippen LogP contribution is 2.30. The predicted molar refractivity (Wildman–Crippen MR) is 93.3 cm³/mol. The molecular formula is C19H18N2O5. The first kappa shape index (κ1) is 17.6. The molecule has 0 bridgehead atoms. The van der Waals surface area contributed by atoms with E-state index < -0.39 is 18.0 Å². The minimum Gasteiger partial charge on any atom is -0.453 e. The van der Waals surface area contributed by atoms with Crippen LogP contribution in [0.4, 0.5) is 0 Å². The summed E-state index contributed by atoms with van der Waals surface area (Å²) < 4.78 is 4.86. The quantitative estimate of drug-likeness (QED) is 0.627. The van der Waals surface area contributed by atoms with Crippen LogP contribution in [0.2, 0.25) is 0 Å². The van der Waals surface area contributed by atoms with Crippen LogP contribution in [0, 0.1) is 0 Å². The van der Waals surface area contributed by atoms with Crippen molar-refractivity contribution in [2.75, 3.05) is 6.54 Å². The zero-order chi connectivity index (χ0) is 18.8. The minimum atomic E-state index is -1.01. The van der Waals surface area contributed by atoms with Crippen LogP contribution in [0.1, 0.15) is 40.5 Å². The van der Waals surface area contributed by atoms with Gasteiger partial charge in [-0.2, -0.15) is 0 Å². The molecule has 0 aliphatic carbocycles. The average Bonchev–Trinajstić information content (AvgIpc) is 2.62. The maximum absolute atomic E-state index is 12.7. The lowest BCUT2D eigenvalue weighted by Crippen LogP contribution is -2.41. The van der Waals surface area contributed by atoms with Gasteiger partial charge in [-0.1, -0.05) is 24.3 Å². The lowest BCUT2D eigenvalue weighted by atomic mass is 9.94. The number of primary amides is 1. The molecule has 2 aromatic rings. The summed E-state index contributed by atoms with van der Waals surface area (Å²) in [6.45, 7) is 1.47. The maximum Gasteiger partial charge on any atom is 0.306 e. The third kappa shape index (κ3) is 3.15. The number of hydrogen-bond donors (Lipinski definition) is 1. The molecule has 1 heterocycles. The van der Waals surface area contributed by atoms with Crippen molar-refractivity contribution >= 4 is 34.5 Å². The van der Waals surface area contributed by atoms with Crippen LogP contribution >= 0.6 is 0 Å². The third-order valence-electron chi connectivity index (χ3n) is 4.33. The maximum atomic E-state index is 12.7. The standard InChI is InChI=1S/C19H18N2O5/c1-11(17(20)23)26-15(22)9-4-10-21-18(24)13-7-2-5-12-6-3-8-14(16(12)13)19(21)25/h2-3,5-8,11H,4,9-10H2,1H3,(H2,20,23)/t11-/m0/s1. The molecule has 2 N–H and O–H groups in total. The Morgan fingerprint density at radius 1 is 1.08 bits per heavy atom. The Labute approximate surface area is 149 Å². The second-order valence-corrected chi connectivity index (χ2v) is 6.11. The first-order valence-corrected chi connectivity index (χ1v) is 8.27. The molecule has 1 aliphatic heterocycles. The van der Waals surface area contributed by atoms with Crippen LogP contribution in [-0.2, 0) is 14.3 Å². The van der Waals surface area contributed by atoms with Gasteiger partial charge in [-0.3, -0.25) is 24.1 Å². The molecule has 26 heavy (non-hydrogen) atoms. The Kier molecular flexibility index (Phi) is 4.71. The van der Waals surface area contributed by atoms with Crippen molar-refractivity contribution in [1.29, 1.82) is 0 Å². The Morgan fingerprint density at radius 3 is 2.19 bits per heavy atom. The van der Waals surface area contributed by atoms with E-state index in [9.17, 15) is 19.2 Å². The lowest BCUT2D eigenvalue weighted by Gasteiger charge is -2.27. The van der Waals surface area contributed by atoms with Crippen LogP contribution in [0.15, 0.2) is 36.4 Å². The number of nitrogens with zero attached hydrogens (tertiary/aromatic N) is 1. The predicted octanol–water partition coefficient (Wildman–Crippen LogP) is 1.63. The number of nitrogens with two attached hydrogens (primary N) is 1. The lowest BCUT2D eigenvalue weighted by molar-refractivity contribution is -0.153. The molecule has 0 saturated heterocycles. The van der Waals surface area contributed by atoms with Crippen molar-refractivity contribution in [3.63, 3.8) is 0 Å². The molecule has 3 amide bonds. The van der Waals surface area contributed by atoms with Gasteiger partial charge in [0.05, 0.1) is 0 Å². The number of amides is 3. The fourth-order valence-electron chi connectivity index (χ4n) is 2.98. The molecule has 0 spiro atoms. The molecule has 0 unspecified atom stereocenters. The van der Waals surface area contributed by atoms with Gasteiger partial charge in [-0.05, 0) is 30.9 Å². The van der Waals surface area contributed by atoms with Gasteiger partial charge in [0.1, 0.15) is 0 Å². The number of ether oxygens (including phenoxy) is 1. The summed E-state index contributed by atoms with van der Waals surface area (Å²) in [5.74, 6) is -2.09. The number of rotatable bonds is 6. The number of benzene rings is 2. The van der Waals surface area contributed by atoms with Crippen molar-refractivity contribution in [2.24, 2.45) is 5.73 Å². The highest BCUT2D eigenvalue weighted by molar-refractivity contribution is 6.25. The number of carbonyl (C=O) groups is 4. The highest BCUT2D eigenvalue weighted by Gasteiger charge is 2.32. The topological polar surface area (TPSA) is 107 Å². The van der Waals surface area contributed by atoms with Crippen molar-refractivity contribution in [2.45, 2.75) is 25.9 Å².